The van der Waals surface area contributed by atoms with Crippen LogP contribution in [0.4, 0.5) is 11.4 Å². The number of anilines is 1. The van der Waals surface area contributed by atoms with E-state index in [1.54, 1.807) is 6.07 Å². The van der Waals surface area contributed by atoms with Crippen molar-refractivity contribution in [3.8, 4) is 0 Å². The van der Waals surface area contributed by atoms with Gasteiger partial charge in [-0.2, -0.15) is 0 Å². The first-order valence-corrected chi connectivity index (χ1v) is 5.29. The minimum atomic E-state index is -0.461. The predicted molar refractivity (Wildman–Crippen MR) is 68.8 cm³/mol. The largest absolute Gasteiger partial charge is 0.378 e. The third-order valence-electron chi connectivity index (χ3n) is 2.70. The molecule has 0 unspecified atom stereocenters. The summed E-state index contributed by atoms with van der Waals surface area (Å²) in [5.74, 6) is 0. The number of hydrogen-bond donors (Lipinski definition) is 0. The molecule has 98 valence electrons. The van der Waals surface area contributed by atoms with Crippen LogP contribution in [0.3, 0.4) is 0 Å². The highest BCUT2D eigenvalue weighted by Crippen LogP contribution is 2.31. The van der Waals surface area contributed by atoms with Gasteiger partial charge in [-0.1, -0.05) is 6.07 Å². The molecular formula is C11H13ClN2O4. The van der Waals surface area contributed by atoms with E-state index in [-0.39, 0.29) is 18.1 Å². The number of rotatable bonds is 3. The van der Waals surface area contributed by atoms with E-state index in [4.69, 9.17) is 4.74 Å². The average molecular weight is 273 g/mol. The Morgan fingerprint density at radius 3 is 2.56 bits per heavy atom. The normalized spacial score (nSPS) is 14.8. The number of morpholine rings is 1. The Morgan fingerprint density at radius 1 is 1.33 bits per heavy atom. The molecule has 1 aliphatic heterocycles. The first kappa shape index (κ1) is 14.4. The molecule has 0 aromatic heterocycles. The summed E-state index contributed by atoms with van der Waals surface area (Å²) in [6.07, 6.45) is 0.651. The van der Waals surface area contributed by atoms with E-state index in [0.717, 1.165) is 0 Å². The highest BCUT2D eigenvalue weighted by molar-refractivity contribution is 5.89. The molecule has 1 fully saturated rings. The van der Waals surface area contributed by atoms with Crippen molar-refractivity contribution in [3.05, 3.63) is 33.9 Å². The van der Waals surface area contributed by atoms with E-state index in [9.17, 15) is 14.9 Å². The van der Waals surface area contributed by atoms with Crippen LogP contribution in [0, 0.1) is 10.1 Å². The van der Waals surface area contributed by atoms with Crippen LogP contribution < -0.4 is 4.90 Å². The monoisotopic (exact) mass is 272 g/mol. The van der Waals surface area contributed by atoms with Crippen molar-refractivity contribution in [1.29, 1.82) is 0 Å². The first-order chi connectivity index (χ1) is 8.24. The summed E-state index contributed by atoms with van der Waals surface area (Å²) in [5, 5.41) is 11.0. The van der Waals surface area contributed by atoms with Crippen molar-refractivity contribution in [2.75, 3.05) is 31.2 Å². The van der Waals surface area contributed by atoms with Gasteiger partial charge in [0.1, 0.15) is 5.69 Å². The molecule has 1 aromatic carbocycles. The van der Waals surface area contributed by atoms with Gasteiger partial charge in [-0.25, -0.2) is 0 Å². The maximum atomic E-state index is 11.0. The van der Waals surface area contributed by atoms with Crippen LogP contribution in [0.5, 0.6) is 0 Å². The van der Waals surface area contributed by atoms with Crippen LogP contribution >= 0.6 is 12.4 Å². The summed E-state index contributed by atoms with van der Waals surface area (Å²) in [5.41, 5.74) is 0.716. The first-order valence-electron chi connectivity index (χ1n) is 5.29. The van der Waals surface area contributed by atoms with Crippen molar-refractivity contribution in [3.63, 3.8) is 0 Å². The van der Waals surface area contributed by atoms with Crippen LogP contribution in [-0.4, -0.2) is 37.5 Å². The molecule has 6 nitrogen and oxygen atoms in total. The highest BCUT2D eigenvalue weighted by Gasteiger charge is 2.24. The van der Waals surface area contributed by atoms with Gasteiger partial charge in [0.15, 0.2) is 6.29 Å². The lowest BCUT2D eigenvalue weighted by atomic mass is 10.1. The molecule has 0 N–H and O–H groups in total. The van der Waals surface area contributed by atoms with E-state index in [2.05, 4.69) is 0 Å². The number of benzene rings is 1. The lowest BCUT2D eigenvalue weighted by molar-refractivity contribution is -0.384. The van der Waals surface area contributed by atoms with E-state index < -0.39 is 4.92 Å². The molecule has 0 bridgehead atoms. The van der Waals surface area contributed by atoms with Crippen LogP contribution in [-0.2, 0) is 4.74 Å². The van der Waals surface area contributed by atoms with Crippen molar-refractivity contribution in [1.82, 2.24) is 0 Å². The molecule has 0 aliphatic carbocycles. The molecular weight excluding hydrogens is 260 g/mol. The number of para-hydroxylation sites is 1. The topological polar surface area (TPSA) is 72.7 Å². The maximum absolute atomic E-state index is 11.0. The second kappa shape index (κ2) is 6.32. The number of carbonyl (C=O) groups is 1. The molecule has 1 saturated heterocycles. The fourth-order valence-electron chi connectivity index (χ4n) is 1.92. The molecule has 1 heterocycles. The van der Waals surface area contributed by atoms with E-state index in [1.165, 1.54) is 12.1 Å². The lowest BCUT2D eigenvalue weighted by Gasteiger charge is -2.29. The fourth-order valence-corrected chi connectivity index (χ4v) is 1.92. The smallest absolute Gasteiger partial charge is 0.293 e. The Kier molecular flexibility index (Phi) is 5.06. The summed E-state index contributed by atoms with van der Waals surface area (Å²) in [7, 11) is 0. The Labute approximate surface area is 110 Å². The van der Waals surface area contributed by atoms with E-state index >= 15 is 0 Å². The Bertz CT molecular complexity index is 447. The van der Waals surface area contributed by atoms with E-state index in [0.29, 0.717) is 43.8 Å². The van der Waals surface area contributed by atoms with Gasteiger partial charge in [-0.15, -0.1) is 12.4 Å². The summed E-state index contributed by atoms with van der Waals surface area (Å²) in [6.45, 7) is 2.16. The number of halogens is 1. The molecule has 18 heavy (non-hydrogen) atoms. The zero-order valence-corrected chi connectivity index (χ0v) is 10.4. The summed E-state index contributed by atoms with van der Waals surface area (Å²) in [6, 6.07) is 4.52. The zero-order chi connectivity index (χ0) is 12.3. The van der Waals surface area contributed by atoms with Crippen molar-refractivity contribution in [2.45, 2.75) is 0 Å². The third-order valence-corrected chi connectivity index (χ3v) is 2.70. The molecule has 0 amide bonds. The van der Waals surface area contributed by atoms with Gasteiger partial charge in [0.05, 0.1) is 18.1 Å². The van der Waals surface area contributed by atoms with Gasteiger partial charge in [0, 0.05) is 24.7 Å². The number of nitro groups is 1. The van der Waals surface area contributed by atoms with Crippen molar-refractivity contribution in [2.24, 2.45) is 0 Å². The molecule has 0 saturated carbocycles. The SMILES string of the molecule is Cl.O=Cc1cccc([N+](=O)[O-])c1N1CCOCC1. The van der Waals surface area contributed by atoms with Crippen LogP contribution in [0.1, 0.15) is 10.4 Å². The molecule has 2 rings (SSSR count). The van der Waals surface area contributed by atoms with Crippen LogP contribution in [0.25, 0.3) is 0 Å². The number of aldehydes is 1. The second-order valence-electron chi connectivity index (χ2n) is 3.69. The number of carbonyl (C=O) groups excluding carboxylic acids is 1. The second-order valence-corrected chi connectivity index (χ2v) is 3.69. The molecule has 0 spiro atoms. The van der Waals surface area contributed by atoms with E-state index in [1.807, 2.05) is 4.90 Å². The average Bonchev–Trinajstić information content (AvgIpc) is 2.38. The zero-order valence-electron chi connectivity index (χ0n) is 9.57. The molecule has 1 aliphatic rings. The minimum absolute atomic E-state index is 0. The summed E-state index contributed by atoms with van der Waals surface area (Å²) < 4.78 is 5.20. The molecule has 7 heteroatoms. The number of hydrogen-bond acceptors (Lipinski definition) is 5. The lowest BCUT2D eigenvalue weighted by Crippen LogP contribution is -2.37. The van der Waals surface area contributed by atoms with Crippen LogP contribution in [0.15, 0.2) is 18.2 Å². The maximum Gasteiger partial charge on any atom is 0.293 e. The highest BCUT2D eigenvalue weighted by atomic mass is 35.5. The van der Waals surface area contributed by atoms with Gasteiger partial charge in [0.2, 0.25) is 0 Å². The summed E-state index contributed by atoms with van der Waals surface area (Å²) in [4.78, 5) is 23.3. The molecule has 0 radical (unpaired) electrons. The Balaban J connectivity index is 0.00000162. The number of nitrogens with zero attached hydrogens (tertiary/aromatic N) is 2. The van der Waals surface area contributed by atoms with Crippen LogP contribution in [0.2, 0.25) is 0 Å². The standard InChI is InChI=1S/C11H12N2O4.ClH/c14-8-9-2-1-3-10(13(15)16)11(9)12-4-6-17-7-5-12;/h1-3,8H,4-7H2;1H. The molecule has 1 aromatic rings. The number of nitro benzene ring substituents is 1. The van der Waals surface area contributed by atoms with Gasteiger partial charge in [-0.05, 0) is 6.07 Å². The summed E-state index contributed by atoms with van der Waals surface area (Å²) >= 11 is 0. The fraction of sp³-hybridized carbons (Fsp3) is 0.364. The minimum Gasteiger partial charge on any atom is -0.378 e. The van der Waals surface area contributed by atoms with Gasteiger partial charge >= 0.3 is 0 Å². The number of ether oxygens (including phenoxy) is 1. The van der Waals surface area contributed by atoms with Gasteiger partial charge in [-0.3, -0.25) is 14.9 Å². The third kappa shape index (κ3) is 2.77. The Hall–Kier alpha value is -1.66. The van der Waals surface area contributed by atoms with Gasteiger partial charge < -0.3 is 9.64 Å². The van der Waals surface area contributed by atoms with Gasteiger partial charge in [0.25, 0.3) is 5.69 Å². The molecule has 0 atom stereocenters. The Morgan fingerprint density at radius 2 is 2.00 bits per heavy atom. The predicted octanol–water partition coefficient (Wildman–Crippen LogP) is 1.67. The van der Waals surface area contributed by atoms with Crippen molar-refractivity contribution >= 4 is 30.1 Å². The quantitative estimate of drug-likeness (QED) is 0.475. The van der Waals surface area contributed by atoms with Crippen molar-refractivity contribution < 1.29 is 14.5 Å².